The van der Waals surface area contributed by atoms with E-state index in [1.165, 1.54) is 12.1 Å². The number of hydrogen-bond donors (Lipinski definition) is 2. The molecule has 2 aromatic rings. The minimum atomic E-state index is -1.09. The lowest BCUT2D eigenvalue weighted by molar-refractivity contribution is -0.0441. The van der Waals surface area contributed by atoms with E-state index in [0.717, 1.165) is 6.07 Å². The van der Waals surface area contributed by atoms with Crippen molar-refractivity contribution in [3.8, 4) is 0 Å². The molecule has 0 radical (unpaired) electrons. The third kappa shape index (κ3) is 2.87. The molecule has 1 saturated heterocycles. The van der Waals surface area contributed by atoms with E-state index < -0.39 is 23.3 Å². The van der Waals surface area contributed by atoms with Gasteiger partial charge in [-0.2, -0.15) is 0 Å². The maximum atomic E-state index is 14.5. The number of benzene rings is 2. The van der Waals surface area contributed by atoms with Crippen LogP contribution in [0, 0.1) is 11.6 Å². The molecule has 1 fully saturated rings. The number of aliphatic hydroxyl groups excluding tert-OH is 1. The molecule has 2 atom stereocenters. The average Bonchev–Trinajstić information content (AvgIpc) is 2.55. The van der Waals surface area contributed by atoms with Gasteiger partial charge in [-0.3, -0.25) is 0 Å². The molecular formula is C18H19F2NO2. The summed E-state index contributed by atoms with van der Waals surface area (Å²) in [4.78, 5) is 0. The molecule has 2 unspecified atom stereocenters. The van der Waals surface area contributed by atoms with Crippen LogP contribution in [0.4, 0.5) is 8.78 Å². The first-order valence-electron chi connectivity index (χ1n) is 7.62. The number of aliphatic hydroxyl groups is 1. The number of morpholine rings is 1. The van der Waals surface area contributed by atoms with Crippen molar-refractivity contribution in [1.82, 2.24) is 5.32 Å². The summed E-state index contributed by atoms with van der Waals surface area (Å²) in [6.45, 7) is 3.05. The highest BCUT2D eigenvalue weighted by Crippen LogP contribution is 2.39. The predicted octanol–water partition coefficient (Wildman–Crippen LogP) is 2.88. The van der Waals surface area contributed by atoms with Crippen molar-refractivity contribution in [2.24, 2.45) is 0 Å². The fourth-order valence-corrected chi connectivity index (χ4v) is 3.15. The van der Waals surface area contributed by atoms with Crippen molar-refractivity contribution in [3.63, 3.8) is 0 Å². The number of ether oxygens (including phenoxy) is 1. The minimum absolute atomic E-state index is 0.263. The third-order valence-corrected chi connectivity index (χ3v) is 4.21. The molecule has 1 aliphatic rings. The zero-order valence-electron chi connectivity index (χ0n) is 12.9. The molecule has 0 bridgehead atoms. The Morgan fingerprint density at radius 3 is 2.61 bits per heavy atom. The Morgan fingerprint density at radius 1 is 1.17 bits per heavy atom. The van der Waals surface area contributed by atoms with Crippen LogP contribution in [0.5, 0.6) is 0 Å². The zero-order valence-corrected chi connectivity index (χ0v) is 12.9. The second kappa shape index (κ2) is 6.35. The Labute approximate surface area is 133 Å². The van der Waals surface area contributed by atoms with Gasteiger partial charge in [0.15, 0.2) is 0 Å². The van der Waals surface area contributed by atoms with E-state index in [1.54, 1.807) is 13.0 Å². The van der Waals surface area contributed by atoms with E-state index >= 15 is 0 Å². The third-order valence-electron chi connectivity index (χ3n) is 4.21. The first-order chi connectivity index (χ1) is 11.0. The number of rotatable bonds is 3. The van der Waals surface area contributed by atoms with Crippen LogP contribution in [-0.2, 0) is 10.3 Å². The van der Waals surface area contributed by atoms with Gasteiger partial charge in [0.1, 0.15) is 17.2 Å². The second-order valence-electron chi connectivity index (χ2n) is 5.74. The largest absolute Gasteiger partial charge is 0.389 e. The monoisotopic (exact) mass is 319 g/mol. The van der Waals surface area contributed by atoms with Crippen molar-refractivity contribution in [1.29, 1.82) is 0 Å². The fourth-order valence-electron chi connectivity index (χ4n) is 3.15. The van der Waals surface area contributed by atoms with Crippen molar-refractivity contribution in [3.05, 3.63) is 70.8 Å². The Hall–Kier alpha value is -1.82. The minimum Gasteiger partial charge on any atom is -0.389 e. The molecule has 1 aliphatic heterocycles. The van der Waals surface area contributed by atoms with E-state index in [1.807, 2.05) is 18.2 Å². The Balaban J connectivity index is 2.22. The van der Waals surface area contributed by atoms with E-state index in [-0.39, 0.29) is 5.56 Å². The molecule has 2 aromatic carbocycles. The number of halogens is 2. The molecule has 5 heteroatoms. The summed E-state index contributed by atoms with van der Waals surface area (Å²) in [7, 11) is 0. The van der Waals surface area contributed by atoms with Crippen LogP contribution in [0.25, 0.3) is 0 Å². The Bertz CT molecular complexity index is 697. The highest BCUT2D eigenvalue weighted by molar-refractivity contribution is 5.44. The molecular weight excluding hydrogens is 300 g/mol. The summed E-state index contributed by atoms with van der Waals surface area (Å²) < 4.78 is 33.8. The summed E-state index contributed by atoms with van der Waals surface area (Å²) >= 11 is 0. The van der Waals surface area contributed by atoms with Crippen molar-refractivity contribution < 1.29 is 18.6 Å². The second-order valence-corrected chi connectivity index (χ2v) is 5.74. The lowest BCUT2D eigenvalue weighted by Gasteiger charge is -2.40. The van der Waals surface area contributed by atoms with Gasteiger partial charge in [-0.15, -0.1) is 0 Å². The summed E-state index contributed by atoms with van der Waals surface area (Å²) in [5.41, 5.74) is 0.524. The first kappa shape index (κ1) is 16.1. The van der Waals surface area contributed by atoms with Gasteiger partial charge < -0.3 is 15.2 Å². The van der Waals surface area contributed by atoms with Crippen LogP contribution < -0.4 is 5.32 Å². The number of nitrogens with one attached hydrogen (secondary N) is 1. The molecule has 3 nitrogen and oxygen atoms in total. The molecule has 3 rings (SSSR count). The summed E-state index contributed by atoms with van der Waals surface area (Å²) in [6.07, 6.45) is -0.725. The molecule has 2 N–H and O–H groups in total. The smallest absolute Gasteiger partial charge is 0.134 e. The fraction of sp³-hybridized carbons (Fsp3) is 0.333. The zero-order chi connectivity index (χ0) is 16.4. The highest BCUT2D eigenvalue weighted by atomic mass is 19.1. The highest BCUT2D eigenvalue weighted by Gasteiger charge is 2.41. The standard InChI is InChI=1S/C18H19F2NO2/c1-12(22)14-4-2-3-5-15(14)18(11-21-8-9-23-18)16-7-6-13(19)10-17(16)20/h2-7,10,12,21-22H,8-9,11H2,1H3. The van der Waals surface area contributed by atoms with Crippen molar-refractivity contribution in [2.75, 3.05) is 19.7 Å². The molecule has 23 heavy (non-hydrogen) atoms. The van der Waals surface area contributed by atoms with Crippen LogP contribution >= 0.6 is 0 Å². The summed E-state index contributed by atoms with van der Waals surface area (Å²) in [5, 5.41) is 13.3. The molecule has 1 heterocycles. The van der Waals surface area contributed by atoms with E-state index in [0.29, 0.717) is 30.8 Å². The quantitative estimate of drug-likeness (QED) is 0.914. The lowest BCUT2D eigenvalue weighted by Crippen LogP contribution is -2.49. The van der Waals surface area contributed by atoms with E-state index in [4.69, 9.17) is 4.74 Å². The van der Waals surface area contributed by atoms with Gasteiger partial charge >= 0.3 is 0 Å². The van der Waals surface area contributed by atoms with Gasteiger partial charge in [0.2, 0.25) is 0 Å². The van der Waals surface area contributed by atoms with E-state index in [2.05, 4.69) is 5.32 Å². The van der Waals surface area contributed by atoms with Gasteiger partial charge in [-0.05, 0) is 30.2 Å². The average molecular weight is 319 g/mol. The SMILES string of the molecule is CC(O)c1ccccc1C1(c2ccc(F)cc2F)CNCCO1. The van der Waals surface area contributed by atoms with Crippen molar-refractivity contribution in [2.45, 2.75) is 18.6 Å². The Kier molecular flexibility index (Phi) is 4.43. The van der Waals surface area contributed by atoms with Crippen LogP contribution in [0.3, 0.4) is 0 Å². The molecule has 122 valence electrons. The molecule has 0 amide bonds. The van der Waals surface area contributed by atoms with Crippen molar-refractivity contribution >= 4 is 0 Å². The van der Waals surface area contributed by atoms with Crippen LogP contribution in [0.2, 0.25) is 0 Å². The molecule has 0 aliphatic carbocycles. The molecule has 0 aromatic heterocycles. The predicted molar refractivity (Wildman–Crippen MR) is 83.0 cm³/mol. The Morgan fingerprint density at radius 2 is 1.96 bits per heavy atom. The summed E-state index contributed by atoms with van der Waals surface area (Å²) in [6, 6.07) is 10.7. The normalized spacial score (nSPS) is 22.8. The maximum absolute atomic E-state index is 14.5. The first-order valence-corrected chi connectivity index (χ1v) is 7.62. The summed E-state index contributed by atoms with van der Waals surface area (Å²) in [5.74, 6) is -1.29. The van der Waals surface area contributed by atoms with Crippen LogP contribution in [-0.4, -0.2) is 24.8 Å². The molecule has 0 saturated carbocycles. The van der Waals surface area contributed by atoms with E-state index in [9.17, 15) is 13.9 Å². The van der Waals surface area contributed by atoms with Gasteiger partial charge in [-0.25, -0.2) is 8.78 Å². The number of hydrogen-bond acceptors (Lipinski definition) is 3. The van der Waals surface area contributed by atoms with Gasteiger partial charge in [-0.1, -0.05) is 24.3 Å². The lowest BCUT2D eigenvalue weighted by atomic mass is 9.81. The van der Waals surface area contributed by atoms with Crippen LogP contribution in [0.1, 0.15) is 29.7 Å². The van der Waals surface area contributed by atoms with Gasteiger partial charge in [0.05, 0.1) is 12.7 Å². The topological polar surface area (TPSA) is 41.5 Å². The van der Waals surface area contributed by atoms with Crippen LogP contribution in [0.15, 0.2) is 42.5 Å². The maximum Gasteiger partial charge on any atom is 0.134 e. The van der Waals surface area contributed by atoms with Gasteiger partial charge in [0, 0.05) is 24.7 Å². The van der Waals surface area contributed by atoms with Gasteiger partial charge in [0.25, 0.3) is 0 Å². The molecule has 0 spiro atoms.